The molecule has 0 unspecified atom stereocenters. The highest BCUT2D eigenvalue weighted by atomic mass is 16.7. The minimum Gasteiger partial charge on any atom is -0.507 e. The van der Waals surface area contributed by atoms with Crippen molar-refractivity contribution in [3.05, 3.63) is 65.7 Å². The van der Waals surface area contributed by atoms with Crippen LogP contribution in [0.4, 0.5) is 0 Å². The van der Waals surface area contributed by atoms with Gasteiger partial charge < -0.3 is 24.6 Å². The van der Waals surface area contributed by atoms with Gasteiger partial charge in [-0.15, -0.1) is 0 Å². The van der Waals surface area contributed by atoms with Gasteiger partial charge in [0.2, 0.25) is 6.79 Å². The minimum atomic E-state index is -1.03. The third kappa shape index (κ3) is 3.94. The Hall–Kier alpha value is -3.74. The van der Waals surface area contributed by atoms with Crippen molar-refractivity contribution in [3.8, 4) is 17.2 Å². The van der Waals surface area contributed by atoms with E-state index in [4.69, 9.17) is 14.2 Å². The first-order valence-electron chi connectivity index (χ1n) is 9.10. The molecule has 0 aromatic heterocycles. The summed E-state index contributed by atoms with van der Waals surface area (Å²) >= 11 is 0. The molecule has 1 aliphatic heterocycles. The number of carbonyl (C=O) groups excluding carboxylic acids is 2. The molecule has 29 heavy (non-hydrogen) atoms. The van der Waals surface area contributed by atoms with E-state index in [0.29, 0.717) is 11.5 Å². The van der Waals surface area contributed by atoms with E-state index in [1.165, 1.54) is 13.0 Å². The molecule has 0 bridgehead atoms. The van der Waals surface area contributed by atoms with Gasteiger partial charge in [-0.3, -0.25) is 4.79 Å². The number of carbonyl (C=O) groups is 2. The molecule has 7 nitrogen and oxygen atoms in total. The Kier molecular flexibility index (Phi) is 4.95. The standard InChI is InChI=1S/C22H19NO6/c1-13(21(25)23-11-14-6-7-19-20(8-14)28-12-27-19)29-22(26)17-9-15-4-2-3-5-16(15)10-18(17)24/h2-10,13,24H,11-12H2,1H3,(H,23,25)/t13-/m1/s1. The number of amides is 1. The SMILES string of the molecule is C[C@@H](OC(=O)c1cc2ccccc2cc1O)C(=O)NCc1ccc2c(c1)OCO2. The number of phenolic OH excluding ortho intramolecular Hbond substituents is 1. The number of fused-ring (bicyclic) bond motifs is 2. The second kappa shape index (κ2) is 7.71. The maximum Gasteiger partial charge on any atom is 0.342 e. The van der Waals surface area contributed by atoms with Crippen LogP contribution in [0.5, 0.6) is 17.2 Å². The maximum absolute atomic E-state index is 12.4. The number of benzene rings is 3. The number of aromatic hydroxyl groups is 1. The smallest absolute Gasteiger partial charge is 0.342 e. The zero-order valence-corrected chi connectivity index (χ0v) is 15.7. The molecule has 1 heterocycles. The average molecular weight is 393 g/mol. The highest BCUT2D eigenvalue weighted by molar-refractivity contribution is 5.99. The lowest BCUT2D eigenvalue weighted by Gasteiger charge is -2.14. The lowest BCUT2D eigenvalue weighted by molar-refractivity contribution is -0.129. The van der Waals surface area contributed by atoms with E-state index in [0.717, 1.165) is 16.3 Å². The highest BCUT2D eigenvalue weighted by Crippen LogP contribution is 2.32. The second-order valence-electron chi connectivity index (χ2n) is 6.67. The Morgan fingerprint density at radius 2 is 1.79 bits per heavy atom. The molecule has 2 N–H and O–H groups in total. The van der Waals surface area contributed by atoms with Gasteiger partial charge in [-0.1, -0.05) is 30.3 Å². The fourth-order valence-electron chi connectivity index (χ4n) is 3.05. The molecule has 0 aliphatic carbocycles. The van der Waals surface area contributed by atoms with E-state index in [2.05, 4.69) is 5.32 Å². The number of rotatable bonds is 5. The van der Waals surface area contributed by atoms with Crippen LogP contribution in [0.3, 0.4) is 0 Å². The molecule has 3 aromatic rings. The van der Waals surface area contributed by atoms with Gasteiger partial charge in [-0.05, 0) is 47.5 Å². The Balaban J connectivity index is 1.38. The molecule has 4 rings (SSSR count). The van der Waals surface area contributed by atoms with Crippen molar-refractivity contribution < 1.29 is 28.9 Å². The molecule has 0 spiro atoms. The summed E-state index contributed by atoms with van der Waals surface area (Å²) in [6.45, 7) is 1.91. The number of hydrogen-bond acceptors (Lipinski definition) is 6. The lowest BCUT2D eigenvalue weighted by Crippen LogP contribution is -2.35. The minimum absolute atomic E-state index is 0.0131. The number of nitrogens with one attached hydrogen (secondary N) is 1. The summed E-state index contributed by atoms with van der Waals surface area (Å²) < 4.78 is 15.8. The first kappa shape index (κ1) is 18.6. The number of phenols is 1. The fraction of sp³-hybridized carbons (Fsp3) is 0.182. The third-order valence-corrected chi connectivity index (χ3v) is 4.64. The first-order chi connectivity index (χ1) is 14.0. The van der Waals surface area contributed by atoms with E-state index < -0.39 is 18.0 Å². The van der Waals surface area contributed by atoms with Crippen molar-refractivity contribution in [2.75, 3.05) is 6.79 Å². The molecule has 7 heteroatoms. The van der Waals surface area contributed by atoms with Crippen LogP contribution in [0.15, 0.2) is 54.6 Å². The largest absolute Gasteiger partial charge is 0.507 e. The first-order valence-corrected chi connectivity index (χ1v) is 9.10. The van der Waals surface area contributed by atoms with E-state index in [-0.39, 0.29) is 24.7 Å². The summed E-state index contributed by atoms with van der Waals surface area (Å²) in [5, 5.41) is 14.4. The van der Waals surface area contributed by atoms with Crippen molar-refractivity contribution in [1.29, 1.82) is 0 Å². The molecule has 3 aromatic carbocycles. The van der Waals surface area contributed by atoms with Crippen LogP contribution in [0, 0.1) is 0 Å². The molecule has 148 valence electrons. The normalized spacial score (nSPS) is 13.1. The predicted octanol–water partition coefficient (Wildman–Crippen LogP) is 3.14. The molecule has 1 aliphatic rings. The predicted molar refractivity (Wildman–Crippen MR) is 105 cm³/mol. The van der Waals surface area contributed by atoms with Gasteiger partial charge in [0.05, 0.1) is 0 Å². The molecule has 0 fully saturated rings. The number of esters is 1. The Labute approximate surface area is 166 Å². The monoisotopic (exact) mass is 393 g/mol. The van der Waals surface area contributed by atoms with Crippen LogP contribution >= 0.6 is 0 Å². The van der Waals surface area contributed by atoms with Crippen molar-refractivity contribution in [1.82, 2.24) is 5.32 Å². The van der Waals surface area contributed by atoms with Crippen LogP contribution in [-0.2, 0) is 16.1 Å². The number of ether oxygens (including phenoxy) is 3. The second-order valence-corrected chi connectivity index (χ2v) is 6.67. The summed E-state index contributed by atoms with van der Waals surface area (Å²) in [4.78, 5) is 24.7. The Bertz CT molecular complexity index is 1090. The summed E-state index contributed by atoms with van der Waals surface area (Å²) in [5.41, 5.74) is 0.840. The van der Waals surface area contributed by atoms with Crippen molar-refractivity contribution in [2.24, 2.45) is 0 Å². The van der Waals surface area contributed by atoms with Crippen molar-refractivity contribution in [2.45, 2.75) is 19.6 Å². The van der Waals surface area contributed by atoms with E-state index in [1.807, 2.05) is 30.3 Å². The molecule has 1 atom stereocenters. The maximum atomic E-state index is 12.4. The zero-order chi connectivity index (χ0) is 20.4. The van der Waals surface area contributed by atoms with Crippen LogP contribution in [0.1, 0.15) is 22.8 Å². The van der Waals surface area contributed by atoms with Crippen molar-refractivity contribution in [3.63, 3.8) is 0 Å². The van der Waals surface area contributed by atoms with E-state index >= 15 is 0 Å². The molecule has 0 saturated carbocycles. The zero-order valence-electron chi connectivity index (χ0n) is 15.7. The average Bonchev–Trinajstić information content (AvgIpc) is 3.19. The van der Waals surface area contributed by atoms with Crippen LogP contribution < -0.4 is 14.8 Å². The summed E-state index contributed by atoms with van der Waals surface area (Å²) in [6.07, 6.45) is -1.03. The van der Waals surface area contributed by atoms with Gasteiger partial charge in [0, 0.05) is 6.54 Å². The highest BCUT2D eigenvalue weighted by Gasteiger charge is 2.21. The van der Waals surface area contributed by atoms with Gasteiger partial charge in [-0.2, -0.15) is 0 Å². The van der Waals surface area contributed by atoms with Gasteiger partial charge in [0.15, 0.2) is 17.6 Å². The van der Waals surface area contributed by atoms with Gasteiger partial charge in [-0.25, -0.2) is 4.79 Å². The topological polar surface area (TPSA) is 94.1 Å². The third-order valence-electron chi connectivity index (χ3n) is 4.64. The van der Waals surface area contributed by atoms with E-state index in [9.17, 15) is 14.7 Å². The molecular weight excluding hydrogens is 374 g/mol. The van der Waals surface area contributed by atoms with Gasteiger partial charge >= 0.3 is 5.97 Å². The Morgan fingerprint density at radius 1 is 1.07 bits per heavy atom. The Morgan fingerprint density at radius 3 is 2.59 bits per heavy atom. The van der Waals surface area contributed by atoms with Crippen LogP contribution in [0.2, 0.25) is 0 Å². The van der Waals surface area contributed by atoms with Crippen LogP contribution in [-0.4, -0.2) is 29.9 Å². The molecule has 1 amide bonds. The molecule has 0 saturated heterocycles. The fourth-order valence-corrected chi connectivity index (χ4v) is 3.05. The summed E-state index contributed by atoms with van der Waals surface area (Å²) in [7, 11) is 0. The summed E-state index contributed by atoms with van der Waals surface area (Å²) in [5.74, 6) is -0.113. The van der Waals surface area contributed by atoms with Crippen molar-refractivity contribution >= 4 is 22.6 Å². The quantitative estimate of drug-likeness (QED) is 0.647. The molecule has 0 radical (unpaired) electrons. The van der Waals surface area contributed by atoms with Crippen LogP contribution in [0.25, 0.3) is 10.8 Å². The van der Waals surface area contributed by atoms with E-state index in [1.54, 1.807) is 18.2 Å². The van der Waals surface area contributed by atoms with Gasteiger partial charge in [0.25, 0.3) is 5.91 Å². The lowest BCUT2D eigenvalue weighted by atomic mass is 10.1. The van der Waals surface area contributed by atoms with Gasteiger partial charge in [0.1, 0.15) is 11.3 Å². The molecular formula is C22H19NO6. The summed E-state index contributed by atoms with van der Waals surface area (Å²) in [6, 6.07) is 15.7. The number of hydrogen-bond donors (Lipinski definition) is 2.